The molecule has 1 aromatic carbocycles. The molecule has 3 rings (SSSR count). The van der Waals surface area contributed by atoms with E-state index in [9.17, 15) is 0 Å². The van der Waals surface area contributed by atoms with Crippen molar-refractivity contribution in [2.75, 3.05) is 0 Å². The second-order valence-electron chi connectivity index (χ2n) is 6.34. The van der Waals surface area contributed by atoms with Gasteiger partial charge in [0.15, 0.2) is 0 Å². The average molecular weight is 268 g/mol. The molecule has 2 heteroatoms. The zero-order chi connectivity index (χ0) is 13.9. The first kappa shape index (κ1) is 13.4. The number of nitrogens with zero attached hydrogens (tertiary/aromatic N) is 1. The molecule has 2 unspecified atom stereocenters. The largest absolute Gasteiger partial charge is 0.278 e. The number of allylic oxidation sites excluding steroid dienone is 1. The Balaban J connectivity index is 1.95. The molecule has 2 nitrogen and oxygen atoms in total. The quantitative estimate of drug-likeness (QED) is 0.796. The molecule has 0 amide bonds. The highest BCUT2D eigenvalue weighted by atomic mass is 15.3. The van der Waals surface area contributed by atoms with Crippen molar-refractivity contribution in [1.29, 1.82) is 0 Å². The molecule has 1 aliphatic carbocycles. The SMILES string of the molecule is Cc1ccc(C2=C3CCC(C)CCCC3C=NN2)cc1. The Kier molecular flexibility index (Phi) is 3.90. The summed E-state index contributed by atoms with van der Waals surface area (Å²) in [6, 6.07) is 8.79. The number of benzene rings is 1. The molecule has 1 N–H and O–H groups in total. The van der Waals surface area contributed by atoms with Gasteiger partial charge in [-0.05, 0) is 43.2 Å². The van der Waals surface area contributed by atoms with Gasteiger partial charge in [-0.15, -0.1) is 0 Å². The average Bonchev–Trinajstić information content (AvgIpc) is 2.44. The van der Waals surface area contributed by atoms with Crippen molar-refractivity contribution in [2.45, 2.75) is 46.0 Å². The van der Waals surface area contributed by atoms with Crippen LogP contribution in [0, 0.1) is 18.8 Å². The maximum absolute atomic E-state index is 4.40. The van der Waals surface area contributed by atoms with E-state index >= 15 is 0 Å². The molecule has 0 radical (unpaired) electrons. The normalized spacial score (nSPS) is 26.5. The third-order valence-corrected chi connectivity index (χ3v) is 4.66. The van der Waals surface area contributed by atoms with Gasteiger partial charge in [-0.25, -0.2) is 0 Å². The molecule has 0 spiro atoms. The van der Waals surface area contributed by atoms with E-state index in [0.29, 0.717) is 5.92 Å². The van der Waals surface area contributed by atoms with E-state index in [1.165, 1.54) is 48.9 Å². The van der Waals surface area contributed by atoms with Crippen LogP contribution in [0.5, 0.6) is 0 Å². The van der Waals surface area contributed by atoms with Gasteiger partial charge in [-0.3, -0.25) is 5.43 Å². The van der Waals surface area contributed by atoms with Crippen LogP contribution in [0.1, 0.15) is 50.2 Å². The van der Waals surface area contributed by atoms with E-state index in [4.69, 9.17) is 0 Å². The van der Waals surface area contributed by atoms with Gasteiger partial charge in [0.1, 0.15) is 0 Å². The Morgan fingerprint density at radius 3 is 2.70 bits per heavy atom. The number of hydrazone groups is 1. The van der Waals surface area contributed by atoms with Gasteiger partial charge in [0.05, 0.1) is 5.70 Å². The van der Waals surface area contributed by atoms with Crippen molar-refractivity contribution in [3.05, 3.63) is 41.0 Å². The highest BCUT2D eigenvalue weighted by molar-refractivity contribution is 5.78. The molecule has 0 saturated heterocycles. The molecule has 1 aliphatic heterocycles. The maximum Gasteiger partial charge on any atom is 0.0632 e. The number of aryl methyl sites for hydroxylation is 1. The standard InChI is InChI=1S/C18H24N2/c1-13-4-3-5-16-12-19-20-18(17(16)11-8-13)15-9-6-14(2)7-10-15/h6-7,9-10,12-13,16,20H,3-5,8,11H2,1-2H3. The summed E-state index contributed by atoms with van der Waals surface area (Å²) in [7, 11) is 0. The molecular formula is C18H24N2. The highest BCUT2D eigenvalue weighted by Crippen LogP contribution is 2.34. The maximum atomic E-state index is 4.40. The zero-order valence-electron chi connectivity index (χ0n) is 12.5. The summed E-state index contributed by atoms with van der Waals surface area (Å²) in [6.07, 6.45) is 8.56. The molecule has 20 heavy (non-hydrogen) atoms. The fourth-order valence-electron chi connectivity index (χ4n) is 3.30. The lowest BCUT2D eigenvalue weighted by Crippen LogP contribution is -2.22. The van der Waals surface area contributed by atoms with Crippen molar-refractivity contribution in [3.8, 4) is 0 Å². The molecule has 1 saturated carbocycles. The van der Waals surface area contributed by atoms with Gasteiger partial charge in [-0.1, -0.05) is 49.6 Å². The lowest BCUT2D eigenvalue weighted by atomic mass is 9.81. The van der Waals surface area contributed by atoms with Crippen LogP contribution in [0.25, 0.3) is 5.70 Å². The Bertz CT molecular complexity index is 525. The summed E-state index contributed by atoms with van der Waals surface area (Å²) in [6.45, 7) is 4.52. The summed E-state index contributed by atoms with van der Waals surface area (Å²) >= 11 is 0. The van der Waals surface area contributed by atoms with Crippen LogP contribution in [0.4, 0.5) is 0 Å². The summed E-state index contributed by atoms with van der Waals surface area (Å²) in [4.78, 5) is 0. The van der Waals surface area contributed by atoms with Crippen LogP contribution in [-0.4, -0.2) is 6.21 Å². The first-order valence-electron chi connectivity index (χ1n) is 7.83. The van der Waals surface area contributed by atoms with Crippen molar-refractivity contribution in [3.63, 3.8) is 0 Å². The Labute approximate surface area is 122 Å². The number of fused-ring (bicyclic) bond motifs is 1. The topological polar surface area (TPSA) is 24.4 Å². The first-order valence-corrected chi connectivity index (χ1v) is 7.83. The number of rotatable bonds is 1. The van der Waals surface area contributed by atoms with Gasteiger partial charge in [0.25, 0.3) is 0 Å². The molecule has 1 fully saturated rings. The lowest BCUT2D eigenvalue weighted by Gasteiger charge is -2.28. The van der Waals surface area contributed by atoms with E-state index in [2.05, 4.69) is 54.9 Å². The van der Waals surface area contributed by atoms with Crippen LogP contribution in [0.15, 0.2) is 34.9 Å². The summed E-state index contributed by atoms with van der Waals surface area (Å²) in [5.41, 5.74) is 8.67. The van der Waals surface area contributed by atoms with Crippen molar-refractivity contribution in [2.24, 2.45) is 16.9 Å². The highest BCUT2D eigenvalue weighted by Gasteiger charge is 2.23. The van der Waals surface area contributed by atoms with E-state index < -0.39 is 0 Å². The molecule has 0 aromatic heterocycles. The smallest absolute Gasteiger partial charge is 0.0632 e. The van der Waals surface area contributed by atoms with E-state index in [-0.39, 0.29) is 0 Å². The molecule has 1 heterocycles. The minimum absolute atomic E-state index is 0.542. The predicted octanol–water partition coefficient (Wildman–Crippen LogP) is 4.51. The van der Waals surface area contributed by atoms with Crippen molar-refractivity contribution in [1.82, 2.24) is 5.43 Å². The fraction of sp³-hybridized carbons (Fsp3) is 0.500. The second kappa shape index (κ2) is 5.82. The summed E-state index contributed by atoms with van der Waals surface area (Å²) in [5, 5.41) is 4.40. The molecule has 2 aliphatic rings. The summed E-state index contributed by atoms with van der Waals surface area (Å²) in [5.74, 6) is 1.39. The van der Waals surface area contributed by atoms with Gasteiger partial charge >= 0.3 is 0 Å². The predicted molar refractivity (Wildman–Crippen MR) is 85.5 cm³/mol. The van der Waals surface area contributed by atoms with Crippen LogP contribution < -0.4 is 5.43 Å². The molecule has 106 valence electrons. The Morgan fingerprint density at radius 1 is 1.10 bits per heavy atom. The van der Waals surface area contributed by atoms with E-state index in [1.54, 1.807) is 5.57 Å². The van der Waals surface area contributed by atoms with Crippen LogP contribution in [0.2, 0.25) is 0 Å². The van der Waals surface area contributed by atoms with Crippen molar-refractivity contribution >= 4 is 11.9 Å². The van der Waals surface area contributed by atoms with E-state index in [1.807, 2.05) is 0 Å². The Morgan fingerprint density at radius 2 is 1.90 bits per heavy atom. The van der Waals surface area contributed by atoms with Gasteiger partial charge in [0, 0.05) is 12.1 Å². The van der Waals surface area contributed by atoms with Crippen LogP contribution in [0.3, 0.4) is 0 Å². The minimum atomic E-state index is 0.542. The van der Waals surface area contributed by atoms with Gasteiger partial charge in [0.2, 0.25) is 0 Å². The van der Waals surface area contributed by atoms with Crippen LogP contribution in [-0.2, 0) is 0 Å². The number of nitrogens with one attached hydrogen (secondary N) is 1. The fourth-order valence-corrected chi connectivity index (χ4v) is 3.30. The lowest BCUT2D eigenvalue weighted by molar-refractivity contribution is 0.422. The third kappa shape index (κ3) is 2.79. The zero-order valence-corrected chi connectivity index (χ0v) is 12.5. The molecule has 1 aromatic rings. The Hall–Kier alpha value is -1.57. The monoisotopic (exact) mass is 268 g/mol. The number of hydrogen-bond acceptors (Lipinski definition) is 2. The van der Waals surface area contributed by atoms with Crippen LogP contribution >= 0.6 is 0 Å². The molecule has 0 bridgehead atoms. The van der Waals surface area contributed by atoms with Gasteiger partial charge in [-0.2, -0.15) is 5.10 Å². The first-order chi connectivity index (χ1) is 9.74. The third-order valence-electron chi connectivity index (χ3n) is 4.66. The minimum Gasteiger partial charge on any atom is -0.278 e. The van der Waals surface area contributed by atoms with E-state index in [0.717, 1.165) is 5.92 Å². The molecule has 2 atom stereocenters. The second-order valence-corrected chi connectivity index (χ2v) is 6.34. The van der Waals surface area contributed by atoms with Gasteiger partial charge < -0.3 is 0 Å². The summed E-state index contributed by atoms with van der Waals surface area (Å²) < 4.78 is 0. The van der Waals surface area contributed by atoms with Crippen molar-refractivity contribution < 1.29 is 0 Å². The molecular weight excluding hydrogens is 244 g/mol. The number of hydrogen-bond donors (Lipinski definition) is 1.